The molecular weight excluding hydrogens is 376 g/mol. The number of esters is 1. The van der Waals surface area contributed by atoms with Gasteiger partial charge in [0.05, 0.1) is 0 Å². The minimum Gasteiger partial charge on any atom is -0.460 e. The van der Waals surface area contributed by atoms with Crippen LogP contribution >= 0.6 is 0 Å². The van der Waals surface area contributed by atoms with Crippen molar-refractivity contribution in [1.82, 2.24) is 4.90 Å². The number of fused-ring (bicyclic) bond motifs is 1. The third-order valence-corrected chi connectivity index (χ3v) is 6.17. The van der Waals surface area contributed by atoms with E-state index in [1.807, 2.05) is 36.4 Å². The Balaban J connectivity index is 1.45. The lowest BCUT2D eigenvalue weighted by Crippen LogP contribution is -2.41. The summed E-state index contributed by atoms with van der Waals surface area (Å²) in [6.45, 7) is 0.738. The summed E-state index contributed by atoms with van der Waals surface area (Å²) in [6.07, 6.45) is 5.08. The van der Waals surface area contributed by atoms with E-state index >= 15 is 0 Å². The molecule has 2 aliphatic heterocycles. The SMILES string of the molecule is O=C(OC/C=C/c1ccccc1)[C@@H]1CCCN1C1=NS(=O)(=O)c2ccccc21. The maximum Gasteiger partial charge on any atom is 0.329 e. The van der Waals surface area contributed by atoms with Gasteiger partial charge < -0.3 is 9.64 Å². The Labute approximate surface area is 164 Å². The molecule has 1 saturated heterocycles. The molecule has 1 fully saturated rings. The highest BCUT2D eigenvalue weighted by atomic mass is 32.2. The minimum absolute atomic E-state index is 0.166. The van der Waals surface area contributed by atoms with E-state index < -0.39 is 16.1 Å². The first-order valence-electron chi connectivity index (χ1n) is 9.15. The normalized spacial score (nSPS) is 20.2. The van der Waals surface area contributed by atoms with Crippen molar-refractivity contribution in [2.45, 2.75) is 23.8 Å². The number of ether oxygens (including phenoxy) is 1. The predicted molar refractivity (Wildman–Crippen MR) is 106 cm³/mol. The van der Waals surface area contributed by atoms with Gasteiger partial charge in [0.25, 0.3) is 10.0 Å². The zero-order valence-corrected chi connectivity index (χ0v) is 16.0. The van der Waals surface area contributed by atoms with Crippen LogP contribution in [0, 0.1) is 0 Å². The van der Waals surface area contributed by atoms with Crippen molar-refractivity contribution in [3.63, 3.8) is 0 Å². The molecule has 0 radical (unpaired) electrons. The highest BCUT2D eigenvalue weighted by Gasteiger charge is 2.39. The zero-order chi connectivity index (χ0) is 19.6. The molecule has 2 aromatic rings. The summed E-state index contributed by atoms with van der Waals surface area (Å²) >= 11 is 0. The Morgan fingerprint density at radius 2 is 1.89 bits per heavy atom. The van der Waals surface area contributed by atoms with Crippen molar-refractivity contribution < 1.29 is 17.9 Å². The van der Waals surface area contributed by atoms with Gasteiger partial charge in [-0.15, -0.1) is 4.40 Å². The van der Waals surface area contributed by atoms with Crippen LogP contribution in [0.1, 0.15) is 24.0 Å². The first-order chi connectivity index (χ1) is 13.6. The van der Waals surface area contributed by atoms with Gasteiger partial charge in [0, 0.05) is 12.1 Å². The van der Waals surface area contributed by atoms with Crippen LogP contribution in [0.3, 0.4) is 0 Å². The molecular formula is C21H20N2O4S. The van der Waals surface area contributed by atoms with E-state index in [2.05, 4.69) is 4.40 Å². The number of likely N-dealkylation sites (tertiary alicyclic amines) is 1. The Morgan fingerprint density at radius 3 is 2.71 bits per heavy atom. The van der Waals surface area contributed by atoms with Gasteiger partial charge in [0.15, 0.2) is 5.84 Å². The molecule has 6 nitrogen and oxygen atoms in total. The van der Waals surface area contributed by atoms with E-state index in [-0.39, 0.29) is 17.5 Å². The second-order valence-corrected chi connectivity index (χ2v) is 8.25. The van der Waals surface area contributed by atoms with Crippen molar-refractivity contribution in [3.8, 4) is 0 Å². The lowest BCUT2D eigenvalue weighted by Gasteiger charge is -2.24. The van der Waals surface area contributed by atoms with Crippen molar-refractivity contribution in [2.24, 2.45) is 4.40 Å². The number of carbonyl (C=O) groups is 1. The van der Waals surface area contributed by atoms with Crippen LogP contribution in [0.5, 0.6) is 0 Å². The second-order valence-electron chi connectivity index (χ2n) is 6.68. The fourth-order valence-corrected chi connectivity index (χ4v) is 4.75. The van der Waals surface area contributed by atoms with E-state index in [1.165, 1.54) is 0 Å². The fraction of sp³-hybridized carbons (Fsp3) is 0.238. The molecule has 0 bridgehead atoms. The quantitative estimate of drug-likeness (QED) is 0.743. The summed E-state index contributed by atoms with van der Waals surface area (Å²) in [6, 6.07) is 15.9. The van der Waals surface area contributed by atoms with E-state index in [1.54, 1.807) is 35.2 Å². The molecule has 0 saturated carbocycles. The number of hydrogen-bond donors (Lipinski definition) is 0. The Kier molecular flexibility index (Phi) is 5.00. The van der Waals surface area contributed by atoms with E-state index in [0.717, 1.165) is 12.0 Å². The summed E-state index contributed by atoms with van der Waals surface area (Å²) in [5.41, 5.74) is 1.58. The molecule has 7 heteroatoms. The van der Waals surface area contributed by atoms with Crippen LogP contribution in [-0.4, -0.2) is 44.3 Å². The van der Waals surface area contributed by atoms with E-state index in [9.17, 15) is 13.2 Å². The van der Waals surface area contributed by atoms with Crippen molar-refractivity contribution >= 4 is 27.9 Å². The highest BCUT2D eigenvalue weighted by molar-refractivity contribution is 7.90. The molecule has 0 aliphatic carbocycles. The smallest absolute Gasteiger partial charge is 0.329 e. The largest absolute Gasteiger partial charge is 0.460 e. The average molecular weight is 396 g/mol. The van der Waals surface area contributed by atoms with Gasteiger partial charge in [-0.05, 0) is 36.6 Å². The summed E-state index contributed by atoms with van der Waals surface area (Å²) in [7, 11) is -3.71. The standard InChI is InChI=1S/C21H20N2O4S/c24-21(27-15-7-10-16-8-2-1-3-9-16)18-12-6-14-23(18)20-17-11-4-5-13-19(17)28(25,26)22-20/h1-5,7-11,13,18H,6,12,14-15H2/b10-7+/t18-/m0/s1. The lowest BCUT2D eigenvalue weighted by atomic mass is 10.1. The van der Waals surface area contributed by atoms with Crippen LogP contribution < -0.4 is 0 Å². The predicted octanol–water partition coefficient (Wildman–Crippen LogP) is 2.86. The zero-order valence-electron chi connectivity index (χ0n) is 15.2. The van der Waals surface area contributed by atoms with Crippen molar-refractivity contribution in [1.29, 1.82) is 0 Å². The fourth-order valence-electron chi connectivity index (χ4n) is 3.54. The molecule has 0 N–H and O–H groups in total. The summed E-state index contributed by atoms with van der Waals surface area (Å²) in [4.78, 5) is 14.5. The first kappa shape index (κ1) is 18.4. The lowest BCUT2D eigenvalue weighted by molar-refractivity contribution is -0.146. The van der Waals surface area contributed by atoms with Crippen LogP contribution in [0.15, 0.2) is 70.0 Å². The molecule has 1 atom stereocenters. The monoisotopic (exact) mass is 396 g/mol. The van der Waals surface area contributed by atoms with E-state index in [4.69, 9.17) is 4.74 Å². The number of hydrogen-bond acceptors (Lipinski definition) is 5. The third-order valence-electron chi connectivity index (χ3n) is 4.84. The van der Waals surface area contributed by atoms with Gasteiger partial charge in [0.2, 0.25) is 0 Å². The number of benzene rings is 2. The first-order valence-corrected chi connectivity index (χ1v) is 10.6. The van der Waals surface area contributed by atoms with Gasteiger partial charge in [-0.2, -0.15) is 8.42 Å². The number of nitrogens with zero attached hydrogens (tertiary/aromatic N) is 2. The van der Waals surface area contributed by atoms with Gasteiger partial charge >= 0.3 is 5.97 Å². The molecule has 0 spiro atoms. The van der Waals surface area contributed by atoms with Gasteiger partial charge in [0.1, 0.15) is 17.5 Å². The molecule has 4 rings (SSSR count). The molecule has 2 heterocycles. The Bertz CT molecular complexity index is 1050. The van der Waals surface area contributed by atoms with Crippen LogP contribution in [-0.2, 0) is 19.6 Å². The van der Waals surface area contributed by atoms with Gasteiger partial charge in [-0.3, -0.25) is 0 Å². The van der Waals surface area contributed by atoms with Crippen LogP contribution in [0.2, 0.25) is 0 Å². The topological polar surface area (TPSA) is 76.0 Å². The Hall–Kier alpha value is -2.93. The molecule has 0 aromatic heterocycles. The second kappa shape index (κ2) is 7.59. The van der Waals surface area contributed by atoms with Crippen molar-refractivity contribution in [3.05, 3.63) is 71.8 Å². The van der Waals surface area contributed by atoms with E-state index in [0.29, 0.717) is 24.4 Å². The van der Waals surface area contributed by atoms with Gasteiger partial charge in [-0.1, -0.05) is 48.5 Å². The number of carbonyl (C=O) groups excluding carboxylic acids is 1. The number of amidine groups is 1. The molecule has 0 unspecified atom stereocenters. The molecule has 2 aromatic carbocycles. The average Bonchev–Trinajstić information content (AvgIpc) is 3.29. The molecule has 0 amide bonds. The Morgan fingerprint density at radius 1 is 1.14 bits per heavy atom. The summed E-state index contributed by atoms with van der Waals surface area (Å²) in [5.74, 6) is -0.0189. The minimum atomic E-state index is -3.71. The third kappa shape index (κ3) is 3.57. The molecule has 28 heavy (non-hydrogen) atoms. The maximum atomic E-state index is 12.6. The summed E-state index contributed by atoms with van der Waals surface area (Å²) < 4.78 is 33.9. The van der Waals surface area contributed by atoms with Crippen LogP contribution in [0.25, 0.3) is 6.08 Å². The molecule has 2 aliphatic rings. The highest BCUT2D eigenvalue weighted by Crippen LogP contribution is 2.31. The van der Waals surface area contributed by atoms with Crippen molar-refractivity contribution in [2.75, 3.05) is 13.2 Å². The number of rotatable bonds is 4. The maximum absolute atomic E-state index is 12.6. The molecule has 144 valence electrons. The van der Waals surface area contributed by atoms with Crippen LogP contribution in [0.4, 0.5) is 0 Å². The number of sulfonamides is 1. The summed E-state index contributed by atoms with van der Waals surface area (Å²) in [5, 5.41) is 0. The van der Waals surface area contributed by atoms with Gasteiger partial charge in [-0.25, -0.2) is 4.79 Å².